The first kappa shape index (κ1) is 13.1. The highest BCUT2D eigenvalue weighted by atomic mass is 16.5. The third-order valence-electron chi connectivity index (χ3n) is 2.70. The summed E-state index contributed by atoms with van der Waals surface area (Å²) in [6.07, 6.45) is 0. The summed E-state index contributed by atoms with van der Waals surface area (Å²) in [5.41, 5.74) is 8.34. The summed E-state index contributed by atoms with van der Waals surface area (Å²) in [4.78, 5) is 12.1. The number of anilines is 2. The van der Waals surface area contributed by atoms with Crippen molar-refractivity contribution in [3.63, 3.8) is 0 Å². The Bertz CT molecular complexity index is 573. The Kier molecular flexibility index (Phi) is 3.82. The van der Waals surface area contributed by atoms with Crippen molar-refractivity contribution in [2.45, 2.75) is 13.5 Å². The van der Waals surface area contributed by atoms with E-state index in [0.717, 1.165) is 5.56 Å². The Labute approximate surface area is 111 Å². The largest absolute Gasteiger partial charge is 0.382 e. The second-order valence-electron chi connectivity index (χ2n) is 4.20. The number of rotatable bonds is 4. The summed E-state index contributed by atoms with van der Waals surface area (Å²) in [5.74, 6) is -0.0821. The van der Waals surface area contributed by atoms with Gasteiger partial charge in [-0.25, -0.2) is 0 Å². The summed E-state index contributed by atoms with van der Waals surface area (Å²) < 4.78 is 5.05. The van der Waals surface area contributed by atoms with E-state index in [2.05, 4.69) is 15.5 Å². The normalized spacial score (nSPS) is 10.4. The quantitative estimate of drug-likeness (QED) is 0.780. The molecule has 2 rings (SSSR count). The minimum Gasteiger partial charge on any atom is -0.382 e. The standard InChI is InChI=1S/C13H16N4O2/c1-8-11(12(14)17-16-8)13(18)15-10-5-3-4-9(6-10)7-19-2/h3-6H,7H2,1-2H3,(H,15,18)(H3,14,16,17). The number of methoxy groups -OCH3 is 1. The lowest BCUT2D eigenvalue weighted by atomic mass is 10.2. The number of nitrogens with one attached hydrogen (secondary N) is 2. The van der Waals surface area contributed by atoms with Crippen molar-refractivity contribution in [2.24, 2.45) is 0 Å². The summed E-state index contributed by atoms with van der Waals surface area (Å²) in [5, 5.41) is 9.27. The van der Waals surface area contributed by atoms with Gasteiger partial charge in [0.1, 0.15) is 5.56 Å². The van der Waals surface area contributed by atoms with Crippen LogP contribution in [0.5, 0.6) is 0 Å². The molecule has 0 bridgehead atoms. The number of aromatic amines is 1. The molecule has 1 amide bonds. The smallest absolute Gasteiger partial charge is 0.261 e. The van der Waals surface area contributed by atoms with Crippen LogP contribution in [0.1, 0.15) is 21.6 Å². The van der Waals surface area contributed by atoms with Gasteiger partial charge in [0.05, 0.1) is 6.61 Å². The third kappa shape index (κ3) is 2.92. The van der Waals surface area contributed by atoms with Crippen molar-refractivity contribution in [2.75, 3.05) is 18.2 Å². The molecule has 100 valence electrons. The Morgan fingerprint density at radius 1 is 1.53 bits per heavy atom. The molecule has 0 aliphatic heterocycles. The number of carbonyl (C=O) groups is 1. The summed E-state index contributed by atoms with van der Waals surface area (Å²) in [6.45, 7) is 2.25. The number of nitrogens with zero attached hydrogens (tertiary/aromatic N) is 1. The van der Waals surface area contributed by atoms with Crippen molar-refractivity contribution >= 4 is 17.4 Å². The Hall–Kier alpha value is -2.34. The van der Waals surface area contributed by atoms with E-state index in [-0.39, 0.29) is 11.7 Å². The number of carbonyl (C=O) groups excluding carboxylic acids is 1. The first-order valence-electron chi connectivity index (χ1n) is 5.81. The lowest BCUT2D eigenvalue weighted by molar-refractivity contribution is 0.102. The van der Waals surface area contributed by atoms with Crippen LogP contribution >= 0.6 is 0 Å². The Morgan fingerprint density at radius 2 is 2.32 bits per heavy atom. The lowest BCUT2D eigenvalue weighted by Gasteiger charge is -2.07. The molecule has 0 saturated heterocycles. The number of ether oxygens (including phenoxy) is 1. The average molecular weight is 260 g/mol. The molecule has 0 aliphatic rings. The Balaban J connectivity index is 2.17. The fraction of sp³-hybridized carbons (Fsp3) is 0.231. The topological polar surface area (TPSA) is 93.0 Å². The van der Waals surface area contributed by atoms with Crippen LogP contribution in [0.4, 0.5) is 11.5 Å². The zero-order valence-corrected chi connectivity index (χ0v) is 10.9. The van der Waals surface area contributed by atoms with Crippen molar-refractivity contribution in [3.05, 3.63) is 41.1 Å². The second kappa shape index (κ2) is 5.53. The molecule has 6 nitrogen and oxygen atoms in total. The molecule has 0 unspecified atom stereocenters. The molecule has 4 N–H and O–H groups in total. The predicted octanol–water partition coefficient (Wildman–Crippen LogP) is 1.70. The average Bonchev–Trinajstić information content (AvgIpc) is 2.70. The van der Waals surface area contributed by atoms with Crippen LogP contribution in [0, 0.1) is 6.92 Å². The maximum atomic E-state index is 12.1. The number of nitrogens with two attached hydrogens (primary N) is 1. The monoisotopic (exact) mass is 260 g/mol. The van der Waals surface area contributed by atoms with Crippen LogP contribution in [-0.2, 0) is 11.3 Å². The van der Waals surface area contributed by atoms with Gasteiger partial charge < -0.3 is 15.8 Å². The highest BCUT2D eigenvalue weighted by Gasteiger charge is 2.16. The third-order valence-corrected chi connectivity index (χ3v) is 2.70. The maximum absolute atomic E-state index is 12.1. The van der Waals surface area contributed by atoms with Crippen LogP contribution in [0.2, 0.25) is 0 Å². The van der Waals surface area contributed by atoms with Gasteiger partial charge in [0.2, 0.25) is 0 Å². The number of hydrogen-bond acceptors (Lipinski definition) is 4. The molecule has 0 atom stereocenters. The van der Waals surface area contributed by atoms with Crippen molar-refractivity contribution in [1.82, 2.24) is 10.2 Å². The number of nitrogen functional groups attached to an aromatic ring is 1. The number of aryl methyl sites for hydroxylation is 1. The Morgan fingerprint density at radius 3 is 2.95 bits per heavy atom. The van der Waals surface area contributed by atoms with E-state index in [1.165, 1.54) is 0 Å². The molecule has 0 spiro atoms. The molecule has 2 aromatic rings. The fourth-order valence-corrected chi connectivity index (χ4v) is 1.83. The minimum atomic E-state index is -0.279. The summed E-state index contributed by atoms with van der Waals surface area (Å²) in [6, 6.07) is 7.45. The first-order chi connectivity index (χ1) is 9.11. The fourth-order valence-electron chi connectivity index (χ4n) is 1.83. The molecule has 1 aromatic carbocycles. The zero-order valence-electron chi connectivity index (χ0n) is 10.9. The SMILES string of the molecule is COCc1cccc(NC(=O)c2c(N)n[nH]c2C)c1. The van der Waals surface area contributed by atoms with Crippen LogP contribution in [0.15, 0.2) is 24.3 Å². The molecule has 0 fully saturated rings. The van der Waals surface area contributed by atoms with Crippen LogP contribution in [0.3, 0.4) is 0 Å². The summed E-state index contributed by atoms with van der Waals surface area (Å²) in [7, 11) is 1.63. The number of benzene rings is 1. The van der Waals surface area contributed by atoms with Gasteiger partial charge in [-0.2, -0.15) is 5.10 Å². The van der Waals surface area contributed by atoms with E-state index in [0.29, 0.717) is 23.6 Å². The molecule has 1 aromatic heterocycles. The predicted molar refractivity (Wildman–Crippen MR) is 72.8 cm³/mol. The number of hydrogen-bond donors (Lipinski definition) is 3. The maximum Gasteiger partial charge on any atom is 0.261 e. The van der Waals surface area contributed by atoms with E-state index < -0.39 is 0 Å². The van der Waals surface area contributed by atoms with E-state index >= 15 is 0 Å². The van der Waals surface area contributed by atoms with E-state index in [4.69, 9.17) is 10.5 Å². The van der Waals surface area contributed by atoms with Crippen molar-refractivity contribution in [1.29, 1.82) is 0 Å². The molecule has 0 saturated carbocycles. The number of aromatic nitrogens is 2. The molecule has 19 heavy (non-hydrogen) atoms. The summed E-state index contributed by atoms with van der Waals surface area (Å²) >= 11 is 0. The van der Waals surface area contributed by atoms with Gasteiger partial charge in [0, 0.05) is 18.5 Å². The molecule has 0 radical (unpaired) electrons. The van der Waals surface area contributed by atoms with E-state index in [1.54, 1.807) is 14.0 Å². The van der Waals surface area contributed by atoms with Gasteiger partial charge in [-0.1, -0.05) is 12.1 Å². The lowest BCUT2D eigenvalue weighted by Crippen LogP contribution is -2.14. The van der Waals surface area contributed by atoms with E-state index in [9.17, 15) is 4.79 Å². The van der Waals surface area contributed by atoms with Crippen molar-refractivity contribution in [3.8, 4) is 0 Å². The van der Waals surface area contributed by atoms with E-state index in [1.807, 2.05) is 24.3 Å². The van der Waals surface area contributed by atoms with Crippen LogP contribution in [-0.4, -0.2) is 23.2 Å². The van der Waals surface area contributed by atoms with Gasteiger partial charge in [0.15, 0.2) is 5.82 Å². The number of H-pyrrole nitrogens is 1. The highest BCUT2D eigenvalue weighted by molar-refractivity contribution is 6.08. The minimum absolute atomic E-state index is 0.197. The molecule has 0 aliphatic carbocycles. The van der Waals surface area contributed by atoms with Gasteiger partial charge in [0.25, 0.3) is 5.91 Å². The molecule has 1 heterocycles. The van der Waals surface area contributed by atoms with Crippen LogP contribution < -0.4 is 11.1 Å². The highest BCUT2D eigenvalue weighted by Crippen LogP contribution is 2.17. The van der Waals surface area contributed by atoms with Gasteiger partial charge >= 0.3 is 0 Å². The molecular weight excluding hydrogens is 244 g/mol. The van der Waals surface area contributed by atoms with Gasteiger partial charge in [-0.05, 0) is 24.6 Å². The molecular formula is C13H16N4O2. The van der Waals surface area contributed by atoms with Crippen LogP contribution in [0.25, 0.3) is 0 Å². The van der Waals surface area contributed by atoms with Crippen molar-refractivity contribution < 1.29 is 9.53 Å². The van der Waals surface area contributed by atoms with Gasteiger partial charge in [-0.3, -0.25) is 9.89 Å². The number of amides is 1. The van der Waals surface area contributed by atoms with Gasteiger partial charge in [-0.15, -0.1) is 0 Å². The molecule has 6 heteroatoms. The zero-order chi connectivity index (χ0) is 13.8. The second-order valence-corrected chi connectivity index (χ2v) is 4.20. The first-order valence-corrected chi connectivity index (χ1v) is 5.81.